The molecular formula is C13H16BrNO2. The molecule has 1 aromatic rings. The monoisotopic (exact) mass is 297 g/mol. The number of amides is 1. The Morgan fingerprint density at radius 3 is 2.59 bits per heavy atom. The van der Waals surface area contributed by atoms with Gasteiger partial charge in [0, 0.05) is 0 Å². The number of ether oxygens (including phenoxy) is 1. The number of alkyl halides is 1. The SMILES string of the molecule is COc1ccc(C(NC(=O)CBr)C2CC2)cc1. The van der Waals surface area contributed by atoms with Gasteiger partial charge in [0.1, 0.15) is 5.75 Å². The van der Waals surface area contributed by atoms with Crippen LogP contribution >= 0.6 is 15.9 Å². The van der Waals surface area contributed by atoms with E-state index in [1.165, 1.54) is 12.8 Å². The first-order chi connectivity index (χ1) is 8.24. The average Bonchev–Trinajstić information content (AvgIpc) is 3.20. The minimum Gasteiger partial charge on any atom is -0.497 e. The number of hydrogen-bond acceptors (Lipinski definition) is 2. The summed E-state index contributed by atoms with van der Waals surface area (Å²) < 4.78 is 5.13. The molecule has 0 saturated heterocycles. The van der Waals surface area contributed by atoms with Gasteiger partial charge >= 0.3 is 0 Å². The maximum absolute atomic E-state index is 11.5. The molecule has 2 rings (SSSR count). The van der Waals surface area contributed by atoms with Crippen molar-refractivity contribution in [2.75, 3.05) is 12.4 Å². The molecule has 4 heteroatoms. The van der Waals surface area contributed by atoms with Gasteiger partial charge in [0.25, 0.3) is 0 Å². The van der Waals surface area contributed by atoms with Gasteiger partial charge in [-0.25, -0.2) is 0 Å². The molecule has 92 valence electrons. The normalized spacial score (nSPS) is 16.4. The number of carbonyl (C=O) groups excluding carboxylic acids is 1. The number of benzene rings is 1. The van der Waals surface area contributed by atoms with Crippen LogP contribution in [0.5, 0.6) is 5.75 Å². The number of hydrogen-bond donors (Lipinski definition) is 1. The molecule has 3 nitrogen and oxygen atoms in total. The molecule has 1 amide bonds. The molecule has 0 bridgehead atoms. The van der Waals surface area contributed by atoms with Gasteiger partial charge < -0.3 is 10.1 Å². The molecule has 1 N–H and O–H groups in total. The molecule has 0 heterocycles. The fourth-order valence-electron chi connectivity index (χ4n) is 1.93. The van der Waals surface area contributed by atoms with Gasteiger partial charge in [-0.3, -0.25) is 4.79 Å². The van der Waals surface area contributed by atoms with Crippen molar-refractivity contribution in [3.05, 3.63) is 29.8 Å². The van der Waals surface area contributed by atoms with Crippen LogP contribution in [0, 0.1) is 5.92 Å². The van der Waals surface area contributed by atoms with E-state index in [4.69, 9.17) is 4.74 Å². The second-order valence-electron chi connectivity index (χ2n) is 4.29. The number of methoxy groups -OCH3 is 1. The lowest BCUT2D eigenvalue weighted by molar-refractivity contribution is -0.119. The Kier molecular flexibility index (Phi) is 4.05. The molecule has 1 aliphatic carbocycles. The second-order valence-corrected chi connectivity index (χ2v) is 4.85. The van der Waals surface area contributed by atoms with Crippen LogP contribution in [-0.2, 0) is 4.79 Å². The quantitative estimate of drug-likeness (QED) is 0.849. The van der Waals surface area contributed by atoms with Gasteiger partial charge in [-0.1, -0.05) is 28.1 Å². The number of nitrogens with one attached hydrogen (secondary N) is 1. The van der Waals surface area contributed by atoms with E-state index >= 15 is 0 Å². The third kappa shape index (κ3) is 3.22. The van der Waals surface area contributed by atoms with Crippen molar-refractivity contribution >= 4 is 21.8 Å². The van der Waals surface area contributed by atoms with Gasteiger partial charge in [-0.2, -0.15) is 0 Å². The van der Waals surface area contributed by atoms with Crippen LogP contribution in [0.2, 0.25) is 0 Å². The van der Waals surface area contributed by atoms with Crippen molar-refractivity contribution in [3.8, 4) is 5.75 Å². The van der Waals surface area contributed by atoms with Gasteiger partial charge in [0.2, 0.25) is 5.91 Å². The van der Waals surface area contributed by atoms with E-state index in [1.807, 2.05) is 24.3 Å². The topological polar surface area (TPSA) is 38.3 Å². The third-order valence-electron chi connectivity index (χ3n) is 3.01. The maximum Gasteiger partial charge on any atom is 0.231 e. The van der Waals surface area contributed by atoms with Crippen molar-refractivity contribution in [3.63, 3.8) is 0 Å². The van der Waals surface area contributed by atoms with E-state index in [0.717, 1.165) is 11.3 Å². The Balaban J connectivity index is 2.11. The van der Waals surface area contributed by atoms with Gasteiger partial charge in [-0.05, 0) is 36.5 Å². The predicted octanol–water partition coefficient (Wildman–Crippen LogP) is 2.66. The lowest BCUT2D eigenvalue weighted by atomic mass is 10.0. The summed E-state index contributed by atoms with van der Waals surface area (Å²) in [5.41, 5.74) is 1.16. The maximum atomic E-state index is 11.5. The zero-order valence-corrected chi connectivity index (χ0v) is 11.4. The Morgan fingerprint density at radius 1 is 1.47 bits per heavy atom. The van der Waals surface area contributed by atoms with E-state index < -0.39 is 0 Å². The van der Waals surface area contributed by atoms with E-state index in [2.05, 4.69) is 21.2 Å². The second kappa shape index (κ2) is 5.54. The van der Waals surface area contributed by atoms with Gasteiger partial charge in [0.05, 0.1) is 18.5 Å². The van der Waals surface area contributed by atoms with Gasteiger partial charge in [0.15, 0.2) is 0 Å². The highest BCUT2D eigenvalue weighted by Crippen LogP contribution is 2.41. The molecule has 0 aromatic heterocycles. The first-order valence-electron chi connectivity index (χ1n) is 5.74. The zero-order valence-electron chi connectivity index (χ0n) is 9.78. The Morgan fingerprint density at radius 2 is 2.12 bits per heavy atom. The van der Waals surface area contributed by atoms with Crippen LogP contribution in [0.3, 0.4) is 0 Å². The van der Waals surface area contributed by atoms with E-state index in [9.17, 15) is 4.79 Å². The molecule has 1 unspecified atom stereocenters. The van der Waals surface area contributed by atoms with Crippen molar-refractivity contribution in [1.29, 1.82) is 0 Å². The number of halogens is 1. The zero-order chi connectivity index (χ0) is 12.3. The first-order valence-corrected chi connectivity index (χ1v) is 6.86. The summed E-state index contributed by atoms with van der Waals surface area (Å²) in [6, 6.07) is 8.06. The van der Waals surface area contributed by atoms with Crippen LogP contribution in [0.25, 0.3) is 0 Å². The third-order valence-corrected chi connectivity index (χ3v) is 3.52. The molecular weight excluding hydrogens is 282 g/mol. The summed E-state index contributed by atoms with van der Waals surface area (Å²) >= 11 is 3.18. The van der Waals surface area contributed by atoms with E-state index in [0.29, 0.717) is 11.2 Å². The van der Waals surface area contributed by atoms with Crippen LogP contribution in [0.1, 0.15) is 24.4 Å². The predicted molar refractivity (Wildman–Crippen MR) is 70.4 cm³/mol. The molecule has 1 atom stereocenters. The molecule has 17 heavy (non-hydrogen) atoms. The van der Waals surface area contributed by atoms with Crippen molar-refractivity contribution < 1.29 is 9.53 Å². The fraction of sp³-hybridized carbons (Fsp3) is 0.462. The largest absolute Gasteiger partial charge is 0.497 e. The summed E-state index contributed by atoms with van der Waals surface area (Å²) in [5.74, 6) is 1.47. The molecule has 0 spiro atoms. The summed E-state index contributed by atoms with van der Waals surface area (Å²) in [4.78, 5) is 11.5. The molecule has 1 aliphatic rings. The lowest BCUT2D eigenvalue weighted by Gasteiger charge is -2.18. The minimum atomic E-state index is 0.0396. The average molecular weight is 298 g/mol. The van der Waals surface area contributed by atoms with Gasteiger partial charge in [-0.15, -0.1) is 0 Å². The van der Waals surface area contributed by atoms with Crippen molar-refractivity contribution in [2.45, 2.75) is 18.9 Å². The highest BCUT2D eigenvalue weighted by atomic mass is 79.9. The highest BCUT2D eigenvalue weighted by molar-refractivity contribution is 9.09. The molecule has 0 aliphatic heterocycles. The Hall–Kier alpha value is -1.03. The molecule has 1 fully saturated rings. The Labute approximate surface area is 110 Å². The Bertz CT molecular complexity index is 387. The van der Waals surface area contributed by atoms with Crippen molar-refractivity contribution in [1.82, 2.24) is 5.32 Å². The smallest absolute Gasteiger partial charge is 0.231 e. The molecule has 1 aromatic carbocycles. The van der Waals surface area contributed by atoms with Crippen LogP contribution in [-0.4, -0.2) is 18.3 Å². The minimum absolute atomic E-state index is 0.0396. The van der Waals surface area contributed by atoms with Crippen LogP contribution < -0.4 is 10.1 Å². The van der Waals surface area contributed by atoms with E-state index in [-0.39, 0.29) is 11.9 Å². The molecule has 0 radical (unpaired) electrons. The summed E-state index contributed by atoms with van der Waals surface area (Å²) in [6.07, 6.45) is 2.39. The van der Waals surface area contributed by atoms with E-state index in [1.54, 1.807) is 7.11 Å². The van der Waals surface area contributed by atoms with Crippen LogP contribution in [0.4, 0.5) is 0 Å². The van der Waals surface area contributed by atoms with Crippen LogP contribution in [0.15, 0.2) is 24.3 Å². The number of rotatable bonds is 5. The molecule has 1 saturated carbocycles. The lowest BCUT2D eigenvalue weighted by Crippen LogP contribution is -2.30. The summed E-state index contributed by atoms with van der Waals surface area (Å²) in [5, 5.41) is 3.41. The summed E-state index contributed by atoms with van der Waals surface area (Å²) in [6.45, 7) is 0. The number of carbonyl (C=O) groups is 1. The summed E-state index contributed by atoms with van der Waals surface area (Å²) in [7, 11) is 1.65. The highest BCUT2D eigenvalue weighted by Gasteiger charge is 2.33. The first kappa shape index (κ1) is 12.4. The van der Waals surface area contributed by atoms with Crippen molar-refractivity contribution in [2.24, 2.45) is 5.92 Å². The standard InChI is InChI=1S/C13H16BrNO2/c1-17-11-6-4-10(5-7-11)13(9-2-3-9)15-12(16)8-14/h4-7,9,13H,2-3,8H2,1H3,(H,15,16). The fourth-order valence-corrected chi connectivity index (χ4v) is 2.09.